The Balaban J connectivity index is 2.45. The molecule has 1 heterocycles. The predicted molar refractivity (Wildman–Crippen MR) is 155 cm³/mol. The predicted octanol–water partition coefficient (Wildman–Crippen LogP) is 9.10. The topological polar surface area (TPSA) is 23.6 Å². The molecular weight excluding hydrogens is 428 g/mol. The van der Waals surface area contributed by atoms with Crippen LogP contribution in [0.15, 0.2) is 0 Å². The molecule has 35 heavy (non-hydrogen) atoms. The number of likely N-dealkylation sites (tertiary alicyclic amines) is 1. The van der Waals surface area contributed by atoms with Gasteiger partial charge in [0.05, 0.1) is 0 Å². The monoisotopic (exact) mass is 493 g/mol. The fraction of sp³-hybridized carbons (Fsp3) is 0.969. The van der Waals surface area contributed by atoms with Crippen molar-refractivity contribution in [2.75, 3.05) is 33.2 Å². The van der Waals surface area contributed by atoms with Crippen molar-refractivity contribution >= 4 is 5.91 Å². The standard InChI is InChI=1S/C32H64N2O/c1-6-10-14-17-20-29(19-16-12-8-3)28-34-25-23-30(24-26-34)27-33(5)32(35)31(21-13-9-4)22-18-15-11-7-2/h29-31H,6-28H2,1-5H3. The Kier molecular flexibility index (Phi) is 19.9. The van der Waals surface area contributed by atoms with Gasteiger partial charge in [0.15, 0.2) is 0 Å². The van der Waals surface area contributed by atoms with Crippen LogP contribution >= 0.6 is 0 Å². The Morgan fingerprint density at radius 2 is 1.20 bits per heavy atom. The summed E-state index contributed by atoms with van der Waals surface area (Å²) in [5.41, 5.74) is 0. The summed E-state index contributed by atoms with van der Waals surface area (Å²) >= 11 is 0. The average molecular weight is 493 g/mol. The minimum Gasteiger partial charge on any atom is -0.345 e. The highest BCUT2D eigenvalue weighted by Crippen LogP contribution is 2.25. The minimum absolute atomic E-state index is 0.258. The Morgan fingerprint density at radius 1 is 0.714 bits per heavy atom. The molecule has 208 valence electrons. The third-order valence-corrected chi connectivity index (χ3v) is 8.48. The van der Waals surface area contributed by atoms with Gasteiger partial charge in [-0.1, -0.05) is 111 Å². The molecule has 1 fully saturated rings. The van der Waals surface area contributed by atoms with Gasteiger partial charge in [0.1, 0.15) is 0 Å². The van der Waals surface area contributed by atoms with Crippen molar-refractivity contribution in [2.24, 2.45) is 17.8 Å². The van der Waals surface area contributed by atoms with Crippen LogP contribution in [-0.4, -0.2) is 48.9 Å². The summed E-state index contributed by atoms with van der Waals surface area (Å²) in [6.07, 6.45) is 24.8. The van der Waals surface area contributed by atoms with E-state index in [1.54, 1.807) is 0 Å². The van der Waals surface area contributed by atoms with Crippen molar-refractivity contribution in [1.29, 1.82) is 0 Å². The molecule has 0 saturated carbocycles. The molecule has 1 aliphatic heterocycles. The van der Waals surface area contributed by atoms with Gasteiger partial charge >= 0.3 is 0 Å². The van der Waals surface area contributed by atoms with E-state index in [1.807, 2.05) is 0 Å². The Hall–Kier alpha value is -0.570. The second kappa shape index (κ2) is 21.5. The molecular formula is C32H64N2O. The summed E-state index contributed by atoms with van der Waals surface area (Å²) < 4.78 is 0. The van der Waals surface area contributed by atoms with Crippen molar-refractivity contribution < 1.29 is 4.79 Å². The maximum absolute atomic E-state index is 13.3. The van der Waals surface area contributed by atoms with Crippen LogP contribution in [0.2, 0.25) is 0 Å². The first-order chi connectivity index (χ1) is 17.0. The molecule has 0 aromatic carbocycles. The lowest BCUT2D eigenvalue weighted by molar-refractivity contribution is -0.135. The molecule has 0 radical (unpaired) electrons. The van der Waals surface area contributed by atoms with Crippen LogP contribution < -0.4 is 0 Å². The van der Waals surface area contributed by atoms with E-state index in [2.05, 4.69) is 44.5 Å². The summed E-state index contributed by atoms with van der Waals surface area (Å²) in [5, 5.41) is 0. The molecule has 1 saturated heterocycles. The van der Waals surface area contributed by atoms with Gasteiger partial charge in [-0.3, -0.25) is 4.79 Å². The molecule has 0 aromatic heterocycles. The minimum atomic E-state index is 0.258. The molecule has 1 amide bonds. The van der Waals surface area contributed by atoms with Crippen LogP contribution in [0, 0.1) is 17.8 Å². The van der Waals surface area contributed by atoms with E-state index >= 15 is 0 Å². The van der Waals surface area contributed by atoms with Gasteiger partial charge in [-0.05, 0) is 63.5 Å². The maximum Gasteiger partial charge on any atom is 0.225 e. The first-order valence-corrected chi connectivity index (χ1v) is 16.0. The molecule has 1 aliphatic rings. The lowest BCUT2D eigenvalue weighted by atomic mass is 9.90. The largest absolute Gasteiger partial charge is 0.345 e. The molecule has 0 aromatic rings. The van der Waals surface area contributed by atoms with Gasteiger partial charge in [-0.15, -0.1) is 0 Å². The SMILES string of the molecule is CCCCCCC(CCCCC)CN1CCC(CN(C)C(=O)C(CCCC)CCCCCC)CC1. The van der Waals surface area contributed by atoms with Gasteiger partial charge in [0, 0.05) is 26.1 Å². The average Bonchev–Trinajstić information content (AvgIpc) is 2.87. The second-order valence-corrected chi connectivity index (χ2v) is 11.9. The number of hydrogen-bond donors (Lipinski definition) is 0. The van der Waals surface area contributed by atoms with Crippen LogP contribution in [0.25, 0.3) is 0 Å². The third-order valence-electron chi connectivity index (χ3n) is 8.48. The highest BCUT2D eigenvalue weighted by Gasteiger charge is 2.26. The van der Waals surface area contributed by atoms with E-state index in [-0.39, 0.29) is 5.92 Å². The highest BCUT2D eigenvalue weighted by atomic mass is 16.2. The summed E-state index contributed by atoms with van der Waals surface area (Å²) in [5.74, 6) is 2.27. The van der Waals surface area contributed by atoms with Gasteiger partial charge in [-0.25, -0.2) is 0 Å². The smallest absolute Gasteiger partial charge is 0.225 e. The summed E-state index contributed by atoms with van der Waals surface area (Å²) in [7, 11) is 2.08. The molecule has 0 N–H and O–H groups in total. The van der Waals surface area contributed by atoms with E-state index in [1.165, 1.54) is 129 Å². The summed E-state index contributed by atoms with van der Waals surface area (Å²) in [4.78, 5) is 18.2. The first-order valence-electron chi connectivity index (χ1n) is 16.0. The van der Waals surface area contributed by atoms with Crippen LogP contribution in [0.4, 0.5) is 0 Å². The molecule has 0 aliphatic carbocycles. The maximum atomic E-state index is 13.3. The van der Waals surface area contributed by atoms with Crippen molar-refractivity contribution in [3.63, 3.8) is 0 Å². The number of hydrogen-bond acceptors (Lipinski definition) is 2. The van der Waals surface area contributed by atoms with Crippen molar-refractivity contribution in [2.45, 2.75) is 150 Å². The normalized spacial score (nSPS) is 16.9. The Morgan fingerprint density at radius 3 is 1.77 bits per heavy atom. The zero-order valence-electron chi connectivity index (χ0n) is 24.8. The lowest BCUT2D eigenvalue weighted by Gasteiger charge is -2.36. The van der Waals surface area contributed by atoms with Crippen LogP contribution in [0.5, 0.6) is 0 Å². The van der Waals surface area contributed by atoms with Crippen molar-refractivity contribution in [3.8, 4) is 0 Å². The first kappa shape index (κ1) is 32.5. The molecule has 2 unspecified atom stereocenters. The number of carbonyl (C=O) groups is 1. The van der Waals surface area contributed by atoms with Crippen LogP contribution in [0.3, 0.4) is 0 Å². The zero-order valence-corrected chi connectivity index (χ0v) is 24.8. The highest BCUT2D eigenvalue weighted by molar-refractivity contribution is 5.78. The van der Waals surface area contributed by atoms with Gasteiger partial charge in [0.2, 0.25) is 5.91 Å². The quantitative estimate of drug-likeness (QED) is 0.141. The fourth-order valence-electron chi connectivity index (χ4n) is 6.03. The molecule has 3 heteroatoms. The number of rotatable bonds is 22. The lowest BCUT2D eigenvalue weighted by Crippen LogP contribution is -2.42. The van der Waals surface area contributed by atoms with Gasteiger partial charge < -0.3 is 9.80 Å². The van der Waals surface area contributed by atoms with Crippen molar-refractivity contribution in [3.05, 3.63) is 0 Å². The number of carbonyl (C=O) groups excluding carboxylic acids is 1. The Bertz CT molecular complexity index is 486. The number of amides is 1. The molecule has 1 rings (SSSR count). The number of nitrogens with zero attached hydrogens (tertiary/aromatic N) is 2. The van der Waals surface area contributed by atoms with E-state index < -0.39 is 0 Å². The Labute approximate surface area is 221 Å². The van der Waals surface area contributed by atoms with Crippen LogP contribution in [0.1, 0.15) is 150 Å². The molecule has 2 atom stereocenters. The second-order valence-electron chi connectivity index (χ2n) is 11.9. The van der Waals surface area contributed by atoms with Crippen molar-refractivity contribution in [1.82, 2.24) is 9.80 Å². The zero-order chi connectivity index (χ0) is 25.7. The molecule has 0 bridgehead atoms. The number of piperidine rings is 1. The summed E-state index contributed by atoms with van der Waals surface area (Å²) in [6.45, 7) is 13.9. The third kappa shape index (κ3) is 15.3. The van der Waals surface area contributed by atoms with Gasteiger partial charge in [-0.2, -0.15) is 0 Å². The van der Waals surface area contributed by atoms with E-state index in [4.69, 9.17) is 0 Å². The molecule has 3 nitrogen and oxygen atoms in total. The van der Waals surface area contributed by atoms with E-state index in [0.29, 0.717) is 11.8 Å². The fourth-order valence-corrected chi connectivity index (χ4v) is 6.03. The van der Waals surface area contributed by atoms with Crippen LogP contribution in [-0.2, 0) is 4.79 Å². The van der Waals surface area contributed by atoms with E-state index in [9.17, 15) is 4.79 Å². The summed E-state index contributed by atoms with van der Waals surface area (Å²) in [6, 6.07) is 0. The number of unbranched alkanes of at least 4 members (excludes halogenated alkanes) is 9. The van der Waals surface area contributed by atoms with E-state index in [0.717, 1.165) is 25.3 Å². The van der Waals surface area contributed by atoms with Gasteiger partial charge in [0.25, 0.3) is 0 Å². The molecule has 0 spiro atoms.